The molecule has 0 aromatic heterocycles. The third-order valence-electron chi connectivity index (χ3n) is 0.875. The summed E-state index contributed by atoms with van der Waals surface area (Å²) in [5, 5.41) is 0.370. The molecule has 48 valence electrons. The Hall–Kier alpha value is -0.150. The minimum absolute atomic E-state index is 0.0220. The number of rotatable bonds is 0. The molecular formula is C5H3BrClNO. The molecule has 0 aliphatic carbocycles. The van der Waals surface area contributed by atoms with E-state index in [1.807, 2.05) is 0 Å². The first kappa shape index (κ1) is 6.96. The minimum atomic E-state index is -0.0220. The highest BCUT2D eigenvalue weighted by molar-refractivity contribution is 9.11. The first-order valence-electron chi connectivity index (χ1n) is 2.31. The van der Waals surface area contributed by atoms with Gasteiger partial charge >= 0.3 is 0 Å². The zero-order valence-corrected chi connectivity index (χ0v) is 6.74. The molecule has 0 unspecified atom stereocenters. The number of nitrogens with zero attached hydrogens (tertiary/aromatic N) is 1. The second kappa shape index (κ2) is 2.62. The Morgan fingerprint density at radius 1 is 1.78 bits per heavy atom. The first-order valence-corrected chi connectivity index (χ1v) is 3.48. The Bertz CT molecular complexity index is 209. The number of hydrogen-bond acceptors (Lipinski definition) is 2. The fourth-order valence-corrected chi connectivity index (χ4v) is 0.965. The van der Waals surface area contributed by atoms with E-state index in [2.05, 4.69) is 20.9 Å². The van der Waals surface area contributed by atoms with Crippen molar-refractivity contribution in [2.24, 2.45) is 4.99 Å². The summed E-state index contributed by atoms with van der Waals surface area (Å²) in [6, 6.07) is 0. The standard InChI is InChI=1S/C5H3BrClNO/c6-4-1-3(9)2-8-5(4)7/h2H,1H2. The smallest absolute Gasteiger partial charge is 0.178 e. The lowest BCUT2D eigenvalue weighted by Crippen LogP contribution is -2.03. The van der Waals surface area contributed by atoms with Crippen LogP contribution in [0.4, 0.5) is 0 Å². The monoisotopic (exact) mass is 207 g/mol. The van der Waals surface area contributed by atoms with E-state index in [4.69, 9.17) is 11.6 Å². The summed E-state index contributed by atoms with van der Waals surface area (Å²) in [5.41, 5.74) is 0. The van der Waals surface area contributed by atoms with Gasteiger partial charge in [-0.05, 0) is 0 Å². The average molecular weight is 208 g/mol. The van der Waals surface area contributed by atoms with Crippen molar-refractivity contribution in [3.63, 3.8) is 0 Å². The van der Waals surface area contributed by atoms with Crippen molar-refractivity contribution in [2.45, 2.75) is 6.42 Å². The Morgan fingerprint density at radius 3 is 2.89 bits per heavy atom. The molecule has 9 heavy (non-hydrogen) atoms. The lowest BCUT2D eigenvalue weighted by molar-refractivity contribution is -0.111. The first-order chi connectivity index (χ1) is 4.20. The van der Waals surface area contributed by atoms with Gasteiger partial charge in [-0.3, -0.25) is 4.79 Å². The molecule has 0 N–H and O–H groups in total. The van der Waals surface area contributed by atoms with Crippen LogP contribution in [0.5, 0.6) is 0 Å². The van der Waals surface area contributed by atoms with E-state index in [0.29, 0.717) is 16.1 Å². The normalized spacial score (nSPS) is 19.1. The number of aliphatic imine (C=N–C) groups is 1. The Morgan fingerprint density at radius 2 is 2.44 bits per heavy atom. The molecule has 4 heteroatoms. The molecule has 2 nitrogen and oxygen atoms in total. The van der Waals surface area contributed by atoms with Gasteiger partial charge in [-0.15, -0.1) is 0 Å². The second-order valence-electron chi connectivity index (χ2n) is 1.60. The van der Waals surface area contributed by atoms with Crippen LogP contribution >= 0.6 is 27.5 Å². The zero-order valence-electron chi connectivity index (χ0n) is 4.40. The van der Waals surface area contributed by atoms with E-state index in [0.717, 1.165) is 0 Å². The van der Waals surface area contributed by atoms with Crippen molar-refractivity contribution in [1.29, 1.82) is 0 Å². The summed E-state index contributed by atoms with van der Waals surface area (Å²) in [6.45, 7) is 0. The van der Waals surface area contributed by atoms with Crippen molar-refractivity contribution < 1.29 is 4.79 Å². The molecule has 1 aliphatic rings. The number of halogens is 2. The lowest BCUT2D eigenvalue weighted by atomic mass is 10.3. The van der Waals surface area contributed by atoms with Crippen molar-refractivity contribution in [2.75, 3.05) is 0 Å². The van der Waals surface area contributed by atoms with Crippen LogP contribution in [0.15, 0.2) is 14.6 Å². The molecule has 0 aromatic carbocycles. The van der Waals surface area contributed by atoms with Crippen LogP contribution in [0.1, 0.15) is 6.42 Å². The lowest BCUT2D eigenvalue weighted by Gasteiger charge is -2.00. The van der Waals surface area contributed by atoms with E-state index >= 15 is 0 Å². The molecule has 0 radical (unpaired) electrons. The maximum atomic E-state index is 10.5. The van der Waals surface area contributed by atoms with Crippen LogP contribution < -0.4 is 0 Å². The number of carbonyl (C=O) groups is 1. The molecule has 0 atom stereocenters. The average Bonchev–Trinajstić information content (AvgIpc) is 1.80. The van der Waals surface area contributed by atoms with Gasteiger partial charge in [0, 0.05) is 10.9 Å². The van der Waals surface area contributed by atoms with Gasteiger partial charge in [-0.2, -0.15) is 0 Å². The van der Waals surface area contributed by atoms with E-state index in [9.17, 15) is 4.79 Å². The highest BCUT2D eigenvalue weighted by atomic mass is 79.9. The van der Waals surface area contributed by atoms with Gasteiger partial charge in [-0.1, -0.05) is 27.5 Å². The van der Waals surface area contributed by atoms with Crippen LogP contribution in [0.2, 0.25) is 0 Å². The number of ketones is 1. The molecule has 0 amide bonds. The van der Waals surface area contributed by atoms with Crippen LogP contribution in [-0.2, 0) is 4.79 Å². The number of hydrogen-bond donors (Lipinski definition) is 0. The minimum Gasteiger partial charge on any atom is -0.293 e. The van der Waals surface area contributed by atoms with Crippen molar-refractivity contribution in [1.82, 2.24) is 0 Å². The van der Waals surface area contributed by atoms with Crippen LogP contribution in [0, 0.1) is 0 Å². The summed E-state index contributed by atoms with van der Waals surface area (Å²) in [7, 11) is 0. The summed E-state index contributed by atoms with van der Waals surface area (Å²) < 4.78 is 0.664. The predicted molar refractivity (Wildman–Crippen MR) is 39.9 cm³/mol. The fourth-order valence-electron chi connectivity index (χ4n) is 0.470. The molecule has 0 saturated carbocycles. The van der Waals surface area contributed by atoms with Crippen LogP contribution in [0.25, 0.3) is 0 Å². The van der Waals surface area contributed by atoms with Crippen molar-refractivity contribution >= 4 is 39.5 Å². The molecule has 0 saturated heterocycles. The molecule has 0 bridgehead atoms. The summed E-state index contributed by atoms with van der Waals surface area (Å²) in [5.74, 6) is -0.0220. The zero-order chi connectivity index (χ0) is 6.85. The molecule has 1 heterocycles. The highest BCUT2D eigenvalue weighted by Crippen LogP contribution is 2.22. The van der Waals surface area contributed by atoms with Gasteiger partial charge in [0.2, 0.25) is 0 Å². The Kier molecular flexibility index (Phi) is 2.03. The van der Waals surface area contributed by atoms with Crippen LogP contribution in [0.3, 0.4) is 0 Å². The number of carbonyl (C=O) groups excluding carboxylic acids is 1. The van der Waals surface area contributed by atoms with E-state index in [-0.39, 0.29) is 5.78 Å². The third kappa shape index (κ3) is 1.63. The largest absolute Gasteiger partial charge is 0.293 e. The second-order valence-corrected chi connectivity index (χ2v) is 2.91. The Balaban J connectivity index is 2.87. The van der Waals surface area contributed by atoms with Gasteiger partial charge in [0.05, 0.1) is 6.21 Å². The summed E-state index contributed by atoms with van der Waals surface area (Å²) >= 11 is 8.62. The molecular weight excluding hydrogens is 205 g/mol. The highest BCUT2D eigenvalue weighted by Gasteiger charge is 2.09. The molecule has 0 spiro atoms. The molecule has 0 fully saturated rings. The van der Waals surface area contributed by atoms with Gasteiger partial charge in [-0.25, -0.2) is 4.99 Å². The number of allylic oxidation sites excluding steroid dienone is 1. The summed E-state index contributed by atoms with van der Waals surface area (Å²) in [6.07, 6.45) is 1.56. The fraction of sp³-hybridized carbons (Fsp3) is 0.200. The maximum absolute atomic E-state index is 10.5. The van der Waals surface area contributed by atoms with Gasteiger partial charge in [0.15, 0.2) is 5.78 Å². The molecule has 0 aromatic rings. The SMILES string of the molecule is O=C1C=NC(Cl)=C(Br)C1. The third-order valence-corrected chi connectivity index (χ3v) is 2.09. The summed E-state index contributed by atoms with van der Waals surface area (Å²) in [4.78, 5) is 14.2. The van der Waals surface area contributed by atoms with E-state index in [1.54, 1.807) is 0 Å². The molecule has 1 aliphatic heterocycles. The van der Waals surface area contributed by atoms with Gasteiger partial charge in [0.25, 0.3) is 0 Å². The molecule has 1 rings (SSSR count). The van der Waals surface area contributed by atoms with E-state index in [1.165, 1.54) is 6.21 Å². The van der Waals surface area contributed by atoms with Crippen molar-refractivity contribution in [3.05, 3.63) is 9.64 Å². The predicted octanol–water partition coefficient (Wildman–Crippen LogP) is 1.83. The topological polar surface area (TPSA) is 29.4 Å². The van der Waals surface area contributed by atoms with Crippen molar-refractivity contribution in [3.8, 4) is 0 Å². The quantitative estimate of drug-likeness (QED) is 0.559. The maximum Gasteiger partial charge on any atom is 0.178 e. The van der Waals surface area contributed by atoms with Gasteiger partial charge in [0.1, 0.15) is 5.16 Å². The Labute approximate surface area is 65.7 Å². The van der Waals surface area contributed by atoms with Gasteiger partial charge < -0.3 is 0 Å². The van der Waals surface area contributed by atoms with Crippen LogP contribution in [-0.4, -0.2) is 12.0 Å². The number of Topliss-reactive ketones (excluding diaryl/α,β-unsaturated/α-hetero) is 1. The van der Waals surface area contributed by atoms with E-state index < -0.39 is 0 Å².